The first-order valence-electron chi connectivity index (χ1n) is 7.92. The molecule has 5 nitrogen and oxygen atoms in total. The van der Waals surface area contributed by atoms with Gasteiger partial charge in [-0.3, -0.25) is 15.1 Å². The molecule has 0 spiro atoms. The molecule has 2 heterocycles. The number of nitro groups is 1. The number of hydrogen-bond acceptors (Lipinski definition) is 5. The van der Waals surface area contributed by atoms with Gasteiger partial charge in [0.2, 0.25) is 0 Å². The van der Waals surface area contributed by atoms with Gasteiger partial charge in [-0.05, 0) is 29.1 Å². The lowest BCUT2D eigenvalue weighted by Crippen LogP contribution is -2.18. The number of rotatable bonds is 4. The van der Waals surface area contributed by atoms with E-state index in [1.807, 2.05) is 58.9 Å². The van der Waals surface area contributed by atoms with Crippen LogP contribution >= 0.6 is 11.3 Å². The lowest BCUT2D eigenvalue weighted by Gasteiger charge is -2.23. The van der Waals surface area contributed by atoms with E-state index in [9.17, 15) is 10.1 Å². The Morgan fingerprint density at radius 2 is 1.80 bits per heavy atom. The lowest BCUT2D eigenvalue weighted by atomic mass is 10.0. The normalized spacial score (nSPS) is 16.7. The number of nitrogens with zero attached hydrogens (tertiary/aromatic N) is 3. The molecule has 0 aliphatic carbocycles. The van der Waals surface area contributed by atoms with Gasteiger partial charge < -0.3 is 0 Å². The average molecular weight is 349 g/mol. The molecule has 124 valence electrons. The molecule has 1 aliphatic rings. The minimum absolute atomic E-state index is 0.0281. The molecular weight excluding hydrogens is 334 g/mol. The first-order valence-corrected chi connectivity index (χ1v) is 8.80. The van der Waals surface area contributed by atoms with Gasteiger partial charge in [-0.15, -0.1) is 11.3 Å². The van der Waals surface area contributed by atoms with Crippen molar-refractivity contribution >= 4 is 28.4 Å². The summed E-state index contributed by atoms with van der Waals surface area (Å²) in [4.78, 5) is 11.7. The van der Waals surface area contributed by atoms with Gasteiger partial charge in [0, 0.05) is 18.6 Å². The van der Waals surface area contributed by atoms with Crippen molar-refractivity contribution in [2.45, 2.75) is 12.5 Å². The number of nitro benzene ring substituents is 1. The molecule has 0 radical (unpaired) electrons. The molecule has 0 saturated carbocycles. The number of thiophene rings is 1. The molecular formula is C19H15N3O2S. The third-order valence-corrected chi connectivity index (χ3v) is 5.14. The molecule has 2 aromatic carbocycles. The Kier molecular flexibility index (Phi) is 4.03. The number of non-ortho nitro benzene ring substituents is 1. The van der Waals surface area contributed by atoms with Crippen LogP contribution < -0.4 is 5.01 Å². The Morgan fingerprint density at radius 1 is 1.04 bits per heavy atom. The molecule has 25 heavy (non-hydrogen) atoms. The van der Waals surface area contributed by atoms with Crippen molar-refractivity contribution < 1.29 is 4.92 Å². The van der Waals surface area contributed by atoms with Crippen LogP contribution in [0.5, 0.6) is 0 Å². The Labute approximate surface area is 149 Å². The van der Waals surface area contributed by atoms with Crippen molar-refractivity contribution in [2.24, 2.45) is 5.10 Å². The van der Waals surface area contributed by atoms with Crippen LogP contribution in [0.4, 0.5) is 11.4 Å². The number of hydrogen-bond donors (Lipinski definition) is 0. The molecule has 4 rings (SSSR count). The third kappa shape index (κ3) is 3.04. The predicted octanol–water partition coefficient (Wildman–Crippen LogP) is 5.01. The van der Waals surface area contributed by atoms with Gasteiger partial charge in [0.15, 0.2) is 0 Å². The van der Waals surface area contributed by atoms with Gasteiger partial charge in [-0.25, -0.2) is 0 Å². The van der Waals surface area contributed by atoms with E-state index in [-0.39, 0.29) is 16.7 Å². The van der Waals surface area contributed by atoms with Crippen LogP contribution in [0.3, 0.4) is 0 Å². The first-order chi connectivity index (χ1) is 12.2. The van der Waals surface area contributed by atoms with E-state index in [4.69, 9.17) is 5.10 Å². The van der Waals surface area contributed by atoms with E-state index in [1.165, 1.54) is 0 Å². The van der Waals surface area contributed by atoms with Crippen LogP contribution in [-0.4, -0.2) is 10.6 Å². The van der Waals surface area contributed by atoms with Crippen LogP contribution in [0.1, 0.15) is 22.9 Å². The second-order valence-electron chi connectivity index (χ2n) is 5.77. The molecule has 0 bridgehead atoms. The zero-order valence-corrected chi connectivity index (χ0v) is 14.1. The van der Waals surface area contributed by atoms with E-state index < -0.39 is 0 Å². The summed E-state index contributed by atoms with van der Waals surface area (Å²) in [5, 5.41) is 19.8. The van der Waals surface area contributed by atoms with E-state index in [0.29, 0.717) is 0 Å². The van der Waals surface area contributed by atoms with Crippen LogP contribution in [-0.2, 0) is 0 Å². The predicted molar refractivity (Wildman–Crippen MR) is 100 cm³/mol. The molecule has 0 N–H and O–H groups in total. The minimum Gasteiger partial charge on any atom is -0.258 e. The highest BCUT2D eigenvalue weighted by atomic mass is 32.1. The number of para-hydroxylation sites is 1. The van der Waals surface area contributed by atoms with E-state index in [2.05, 4.69) is 6.07 Å². The van der Waals surface area contributed by atoms with E-state index >= 15 is 0 Å². The number of hydrazone groups is 1. The summed E-state index contributed by atoms with van der Waals surface area (Å²) in [6, 6.07) is 20.9. The van der Waals surface area contributed by atoms with Crippen molar-refractivity contribution in [1.29, 1.82) is 0 Å². The molecule has 6 heteroatoms. The van der Waals surface area contributed by atoms with Gasteiger partial charge in [0.1, 0.15) is 0 Å². The lowest BCUT2D eigenvalue weighted by molar-refractivity contribution is -0.384. The van der Waals surface area contributed by atoms with Gasteiger partial charge in [0.05, 0.1) is 27.2 Å². The van der Waals surface area contributed by atoms with Gasteiger partial charge >= 0.3 is 0 Å². The maximum Gasteiger partial charge on any atom is 0.269 e. The Bertz CT molecular complexity index is 906. The summed E-state index contributed by atoms with van der Waals surface area (Å²) in [7, 11) is 0. The summed E-state index contributed by atoms with van der Waals surface area (Å²) < 4.78 is 0. The van der Waals surface area contributed by atoms with Crippen LogP contribution in [0, 0.1) is 10.1 Å². The average Bonchev–Trinajstić information content (AvgIpc) is 3.32. The van der Waals surface area contributed by atoms with E-state index in [0.717, 1.165) is 28.3 Å². The smallest absolute Gasteiger partial charge is 0.258 e. The second-order valence-corrected chi connectivity index (χ2v) is 6.72. The largest absolute Gasteiger partial charge is 0.269 e. The van der Waals surface area contributed by atoms with Gasteiger partial charge in [-0.1, -0.05) is 36.4 Å². The molecule has 1 aromatic heterocycles. The molecule has 0 saturated heterocycles. The molecule has 0 fully saturated rings. The molecule has 0 unspecified atom stereocenters. The number of benzene rings is 2. The van der Waals surface area contributed by atoms with Gasteiger partial charge in [-0.2, -0.15) is 5.10 Å². The summed E-state index contributed by atoms with van der Waals surface area (Å²) in [6.07, 6.45) is 0.771. The molecule has 1 atom stereocenters. The van der Waals surface area contributed by atoms with Crippen molar-refractivity contribution in [2.75, 3.05) is 5.01 Å². The van der Waals surface area contributed by atoms with Crippen LogP contribution in [0.25, 0.3) is 0 Å². The topological polar surface area (TPSA) is 58.7 Å². The molecule has 1 aliphatic heterocycles. The van der Waals surface area contributed by atoms with Crippen LogP contribution in [0.15, 0.2) is 77.2 Å². The zero-order valence-electron chi connectivity index (χ0n) is 13.3. The summed E-state index contributed by atoms with van der Waals surface area (Å²) in [5.74, 6) is 0. The Balaban J connectivity index is 1.71. The van der Waals surface area contributed by atoms with Crippen molar-refractivity contribution in [3.05, 3.63) is 92.7 Å². The Morgan fingerprint density at radius 3 is 2.44 bits per heavy atom. The van der Waals surface area contributed by atoms with Crippen molar-refractivity contribution in [3.8, 4) is 0 Å². The highest BCUT2D eigenvalue weighted by Crippen LogP contribution is 2.37. The fourth-order valence-electron chi connectivity index (χ4n) is 3.00. The van der Waals surface area contributed by atoms with Gasteiger partial charge in [0.25, 0.3) is 5.69 Å². The zero-order chi connectivity index (χ0) is 17.2. The fraction of sp³-hybridized carbons (Fsp3) is 0.105. The Hall–Kier alpha value is -2.99. The minimum atomic E-state index is -0.374. The van der Waals surface area contributed by atoms with Crippen LogP contribution in [0.2, 0.25) is 0 Å². The monoisotopic (exact) mass is 349 g/mol. The maximum absolute atomic E-state index is 10.9. The molecule has 3 aromatic rings. The summed E-state index contributed by atoms with van der Waals surface area (Å²) in [6.45, 7) is 0. The number of anilines is 1. The maximum atomic E-state index is 10.9. The standard InChI is InChI=1S/C19H15N3O2S/c23-22(24)16-10-8-14(9-11-16)18-13-17(19-7-4-12-25-19)20-21(18)15-5-2-1-3-6-15/h1-12,18H,13H2/t18-/m0/s1. The van der Waals surface area contributed by atoms with Crippen molar-refractivity contribution in [3.63, 3.8) is 0 Å². The SMILES string of the molecule is O=[N+]([O-])c1ccc([C@@H]2CC(c3cccs3)=NN2c2ccccc2)cc1. The first kappa shape index (κ1) is 15.5. The second kappa shape index (κ2) is 6.49. The van der Waals surface area contributed by atoms with Crippen molar-refractivity contribution in [1.82, 2.24) is 0 Å². The third-order valence-electron chi connectivity index (χ3n) is 4.23. The quantitative estimate of drug-likeness (QED) is 0.491. The highest BCUT2D eigenvalue weighted by molar-refractivity contribution is 7.12. The summed E-state index contributed by atoms with van der Waals surface area (Å²) in [5.41, 5.74) is 3.18. The fourth-order valence-corrected chi connectivity index (χ4v) is 3.72. The highest BCUT2D eigenvalue weighted by Gasteiger charge is 2.30. The molecule has 0 amide bonds. The van der Waals surface area contributed by atoms with E-state index in [1.54, 1.807) is 23.5 Å². The summed E-state index contributed by atoms with van der Waals surface area (Å²) >= 11 is 1.67.